The Balaban J connectivity index is 1.18. The third-order valence-corrected chi connectivity index (χ3v) is 5.78. The van der Waals surface area contributed by atoms with Gasteiger partial charge >= 0.3 is 0 Å². The van der Waals surface area contributed by atoms with Crippen LogP contribution in [0.2, 0.25) is 5.02 Å². The highest BCUT2D eigenvalue weighted by Gasteiger charge is 2.34. The summed E-state index contributed by atoms with van der Waals surface area (Å²) in [6, 6.07) is 11.0. The van der Waals surface area contributed by atoms with Crippen LogP contribution in [0.3, 0.4) is 0 Å². The maximum absolute atomic E-state index is 13.2. The summed E-state index contributed by atoms with van der Waals surface area (Å²) in [5, 5.41) is 7.31. The number of nitrogens with one attached hydrogen (secondary N) is 1. The molecule has 0 radical (unpaired) electrons. The van der Waals surface area contributed by atoms with Crippen molar-refractivity contribution >= 4 is 35.0 Å². The van der Waals surface area contributed by atoms with Gasteiger partial charge in [-0.2, -0.15) is 5.10 Å². The number of benzene rings is 2. The smallest absolute Gasteiger partial charge is 0.261 e. The maximum Gasteiger partial charge on any atom is 0.261 e. The fourth-order valence-electron chi connectivity index (χ4n) is 3.74. The van der Waals surface area contributed by atoms with E-state index in [2.05, 4.69) is 10.4 Å². The fourth-order valence-corrected chi connectivity index (χ4v) is 3.96. The summed E-state index contributed by atoms with van der Waals surface area (Å²) >= 11 is 6.04. The number of unbranched alkanes of at least 4 members (excludes halogenated alkanes) is 2. The summed E-state index contributed by atoms with van der Waals surface area (Å²) in [5.74, 6) is -1.06. The summed E-state index contributed by atoms with van der Waals surface area (Å²) in [6.07, 6.45) is 5.52. The van der Waals surface area contributed by atoms with Gasteiger partial charge in [0.15, 0.2) is 0 Å². The Hall–Kier alpha value is -3.52. The molecule has 4 rings (SSSR count). The Kier molecular flexibility index (Phi) is 6.84. The molecule has 1 N–H and O–H groups in total. The van der Waals surface area contributed by atoms with Crippen molar-refractivity contribution in [1.82, 2.24) is 14.7 Å². The number of carbonyl (C=O) groups is 3. The third-order valence-electron chi connectivity index (χ3n) is 5.43. The average molecular weight is 469 g/mol. The SMILES string of the molecule is O=C(CCCCCN1C(=O)c2ccccc2C1=O)Nc1cnn(Cc2ccc(F)cc2Cl)c1. The van der Waals surface area contributed by atoms with Gasteiger partial charge in [0.2, 0.25) is 5.91 Å². The first-order chi connectivity index (χ1) is 15.9. The Morgan fingerprint density at radius 1 is 1.03 bits per heavy atom. The lowest BCUT2D eigenvalue weighted by molar-refractivity contribution is -0.116. The van der Waals surface area contributed by atoms with Crippen LogP contribution in [0.1, 0.15) is 52.0 Å². The zero-order valence-electron chi connectivity index (χ0n) is 17.8. The molecule has 33 heavy (non-hydrogen) atoms. The predicted molar refractivity (Wildman–Crippen MR) is 122 cm³/mol. The summed E-state index contributed by atoms with van der Waals surface area (Å²) in [7, 11) is 0. The van der Waals surface area contributed by atoms with E-state index >= 15 is 0 Å². The van der Waals surface area contributed by atoms with Crippen LogP contribution in [0.25, 0.3) is 0 Å². The van der Waals surface area contributed by atoms with E-state index in [1.807, 2.05) is 0 Å². The van der Waals surface area contributed by atoms with Crippen molar-refractivity contribution in [1.29, 1.82) is 0 Å². The molecular formula is C24H22ClFN4O3. The number of hydrogen-bond donors (Lipinski definition) is 1. The van der Waals surface area contributed by atoms with Crippen molar-refractivity contribution in [2.75, 3.05) is 11.9 Å². The van der Waals surface area contributed by atoms with Crippen molar-refractivity contribution < 1.29 is 18.8 Å². The molecule has 170 valence electrons. The van der Waals surface area contributed by atoms with E-state index in [1.165, 1.54) is 23.2 Å². The highest BCUT2D eigenvalue weighted by Crippen LogP contribution is 2.23. The lowest BCUT2D eigenvalue weighted by atomic mass is 10.1. The minimum absolute atomic E-state index is 0.143. The molecule has 9 heteroatoms. The van der Waals surface area contributed by atoms with Crippen LogP contribution in [0.5, 0.6) is 0 Å². The van der Waals surface area contributed by atoms with Crippen LogP contribution in [0.4, 0.5) is 10.1 Å². The summed E-state index contributed by atoms with van der Waals surface area (Å²) in [4.78, 5) is 38.2. The Morgan fingerprint density at radius 3 is 2.45 bits per heavy atom. The van der Waals surface area contributed by atoms with Gasteiger partial charge in [0.05, 0.1) is 29.6 Å². The second-order valence-corrected chi connectivity index (χ2v) is 8.24. The first-order valence-electron chi connectivity index (χ1n) is 10.6. The van der Waals surface area contributed by atoms with Gasteiger partial charge in [-0.3, -0.25) is 24.0 Å². The molecule has 1 aliphatic rings. The van der Waals surface area contributed by atoms with Crippen LogP contribution in [0, 0.1) is 5.82 Å². The van der Waals surface area contributed by atoms with Crippen molar-refractivity contribution in [2.45, 2.75) is 32.2 Å². The van der Waals surface area contributed by atoms with Gasteiger partial charge in [0.25, 0.3) is 11.8 Å². The molecule has 0 saturated carbocycles. The zero-order valence-corrected chi connectivity index (χ0v) is 18.5. The van der Waals surface area contributed by atoms with Crippen LogP contribution < -0.4 is 5.32 Å². The number of anilines is 1. The van der Waals surface area contributed by atoms with Gasteiger partial charge < -0.3 is 5.32 Å². The number of nitrogens with zero attached hydrogens (tertiary/aromatic N) is 3. The van der Waals surface area contributed by atoms with Crippen molar-refractivity contribution in [3.63, 3.8) is 0 Å². The number of imide groups is 1. The average Bonchev–Trinajstić information content (AvgIpc) is 3.33. The number of carbonyl (C=O) groups excluding carboxylic acids is 3. The Morgan fingerprint density at radius 2 is 1.76 bits per heavy atom. The molecule has 2 aromatic carbocycles. The number of rotatable bonds is 9. The van der Waals surface area contributed by atoms with Crippen molar-refractivity contribution in [3.8, 4) is 0 Å². The third kappa shape index (κ3) is 5.28. The van der Waals surface area contributed by atoms with Gasteiger partial charge in [0, 0.05) is 24.2 Å². The summed E-state index contributed by atoms with van der Waals surface area (Å²) in [5.41, 5.74) is 2.18. The van der Waals surface area contributed by atoms with Crippen LogP contribution in [-0.2, 0) is 11.3 Å². The minimum Gasteiger partial charge on any atom is -0.323 e. The molecule has 1 aliphatic heterocycles. The van der Waals surface area contributed by atoms with Crippen molar-refractivity contribution in [3.05, 3.63) is 82.4 Å². The predicted octanol–water partition coefficient (Wildman–Crippen LogP) is 4.52. The second kappa shape index (κ2) is 9.95. The normalized spacial score (nSPS) is 12.8. The van der Waals surface area contributed by atoms with Crippen LogP contribution >= 0.6 is 11.6 Å². The molecule has 0 saturated heterocycles. The first-order valence-corrected chi connectivity index (χ1v) is 11.0. The summed E-state index contributed by atoms with van der Waals surface area (Å²) < 4.78 is 14.8. The maximum atomic E-state index is 13.2. The van der Waals surface area contributed by atoms with E-state index in [-0.39, 0.29) is 17.7 Å². The molecule has 3 aromatic rings. The number of aromatic nitrogens is 2. The van der Waals surface area contributed by atoms with E-state index in [0.29, 0.717) is 60.6 Å². The Labute approximate surface area is 195 Å². The Bertz CT molecular complexity index is 1170. The standard InChI is InChI=1S/C24H22ClFN4O3/c25-21-12-17(26)10-9-16(21)14-29-15-18(13-27-29)28-22(31)8-2-1-5-11-30-23(32)19-6-3-4-7-20(19)24(30)33/h3-4,6-7,9-10,12-13,15H,1-2,5,8,11,14H2,(H,28,31). The van der Waals surface area contributed by atoms with E-state index in [9.17, 15) is 18.8 Å². The van der Waals surface area contributed by atoms with Crippen molar-refractivity contribution in [2.24, 2.45) is 0 Å². The monoisotopic (exact) mass is 468 g/mol. The molecule has 7 nitrogen and oxygen atoms in total. The van der Waals surface area contributed by atoms with Crippen LogP contribution in [0.15, 0.2) is 54.9 Å². The molecule has 0 atom stereocenters. The quantitative estimate of drug-likeness (QED) is 0.369. The molecule has 1 aromatic heterocycles. The molecule has 0 aliphatic carbocycles. The zero-order chi connectivity index (χ0) is 23.4. The molecule has 0 unspecified atom stereocenters. The van der Waals surface area contributed by atoms with E-state index < -0.39 is 5.82 Å². The van der Waals surface area contributed by atoms with E-state index in [1.54, 1.807) is 41.2 Å². The number of fused-ring (bicyclic) bond motifs is 1. The highest BCUT2D eigenvalue weighted by atomic mass is 35.5. The lowest BCUT2D eigenvalue weighted by Crippen LogP contribution is -2.30. The van der Waals surface area contributed by atoms with Crippen LogP contribution in [-0.4, -0.2) is 38.9 Å². The van der Waals surface area contributed by atoms with E-state index in [4.69, 9.17) is 11.6 Å². The number of hydrogen-bond acceptors (Lipinski definition) is 4. The molecule has 3 amide bonds. The van der Waals surface area contributed by atoms with E-state index in [0.717, 1.165) is 5.56 Å². The number of halogens is 2. The fraction of sp³-hybridized carbons (Fsp3) is 0.250. The molecule has 2 heterocycles. The molecule has 0 spiro atoms. The lowest BCUT2D eigenvalue weighted by Gasteiger charge is -2.13. The molecule has 0 bridgehead atoms. The number of amides is 3. The first kappa shape index (κ1) is 22.7. The highest BCUT2D eigenvalue weighted by molar-refractivity contribution is 6.31. The van der Waals surface area contributed by atoms with Gasteiger partial charge in [-0.05, 0) is 42.7 Å². The molecule has 0 fully saturated rings. The molecular weight excluding hydrogens is 447 g/mol. The largest absolute Gasteiger partial charge is 0.323 e. The van der Waals surface area contributed by atoms with Gasteiger partial charge in [-0.1, -0.05) is 36.2 Å². The second-order valence-electron chi connectivity index (χ2n) is 7.83. The van der Waals surface area contributed by atoms with Gasteiger partial charge in [-0.25, -0.2) is 4.39 Å². The van der Waals surface area contributed by atoms with Gasteiger partial charge in [-0.15, -0.1) is 0 Å². The summed E-state index contributed by atoms with van der Waals surface area (Å²) in [6.45, 7) is 0.694. The topological polar surface area (TPSA) is 84.3 Å². The van der Waals surface area contributed by atoms with Gasteiger partial charge in [0.1, 0.15) is 5.82 Å². The minimum atomic E-state index is -0.402.